The van der Waals surface area contributed by atoms with E-state index in [1.807, 2.05) is 30.6 Å². The lowest BCUT2D eigenvalue weighted by Crippen LogP contribution is -2.57. The number of pyridine rings is 1. The van der Waals surface area contributed by atoms with E-state index < -0.39 is 17.6 Å². The minimum absolute atomic E-state index is 0.0270. The molecular formula is C26H33ClF2N6O3. The fraction of sp³-hybridized carbons (Fsp3) is 0.692. The lowest BCUT2D eigenvalue weighted by molar-refractivity contribution is 0.0122. The van der Waals surface area contributed by atoms with Gasteiger partial charge in [-0.05, 0) is 53.0 Å². The van der Waals surface area contributed by atoms with Crippen LogP contribution in [-0.2, 0) is 4.74 Å². The zero-order chi connectivity index (χ0) is 26.8. The van der Waals surface area contributed by atoms with Crippen molar-refractivity contribution in [3.63, 3.8) is 0 Å². The highest BCUT2D eigenvalue weighted by Gasteiger charge is 2.49. The van der Waals surface area contributed by atoms with Crippen LogP contribution in [0.4, 0.5) is 19.4 Å². The molecule has 0 radical (unpaired) electrons. The van der Waals surface area contributed by atoms with Gasteiger partial charge < -0.3 is 14.4 Å². The number of piperazine rings is 1. The predicted molar refractivity (Wildman–Crippen MR) is 138 cm³/mol. The molecule has 4 fully saturated rings. The Bertz CT molecular complexity index is 1250. The number of anilines is 1. The monoisotopic (exact) mass is 550 g/mol. The first kappa shape index (κ1) is 25.7. The van der Waals surface area contributed by atoms with Crippen molar-refractivity contribution >= 4 is 34.4 Å². The summed E-state index contributed by atoms with van der Waals surface area (Å²) in [5.41, 5.74) is -0.937. The van der Waals surface area contributed by atoms with Crippen LogP contribution in [-0.4, -0.2) is 93.0 Å². The van der Waals surface area contributed by atoms with E-state index >= 15 is 4.39 Å². The summed E-state index contributed by atoms with van der Waals surface area (Å²) in [5.74, 6) is -0.247. The smallest absolute Gasteiger partial charge is 0.410 e. The molecule has 4 aliphatic rings. The predicted octanol–water partition coefficient (Wildman–Crippen LogP) is 4.36. The summed E-state index contributed by atoms with van der Waals surface area (Å²) in [6.07, 6.45) is 4.20. The molecular weight excluding hydrogens is 518 g/mol. The average Bonchev–Trinajstić information content (AvgIpc) is 3.46. The van der Waals surface area contributed by atoms with Crippen LogP contribution in [0, 0.1) is 5.82 Å². The first-order chi connectivity index (χ1) is 18.0. The van der Waals surface area contributed by atoms with Crippen LogP contribution < -0.4 is 9.64 Å². The molecule has 206 valence electrons. The van der Waals surface area contributed by atoms with Crippen molar-refractivity contribution in [1.29, 1.82) is 0 Å². The SMILES string of the molecule is CC(C)(C)OC(=O)N1[C@@H]2CC[C@H]1CN(c1nc(OC[C@@]34CCCN3C[C@H](F)C4)nc3c(F)c(Cl)ncc13)C2. The third-order valence-corrected chi connectivity index (χ3v) is 8.48. The van der Waals surface area contributed by atoms with E-state index in [-0.39, 0.29) is 47.0 Å². The van der Waals surface area contributed by atoms with Gasteiger partial charge in [-0.2, -0.15) is 9.97 Å². The highest BCUT2D eigenvalue weighted by Crippen LogP contribution is 2.41. The minimum atomic E-state index is -0.883. The Labute approximate surface area is 225 Å². The summed E-state index contributed by atoms with van der Waals surface area (Å²) < 4.78 is 41.1. The highest BCUT2D eigenvalue weighted by molar-refractivity contribution is 6.30. The Morgan fingerprint density at radius 2 is 1.95 bits per heavy atom. The standard InChI is InChI=1S/C26H33ClF2N6O3/c1-25(2,3)38-24(36)35-16-5-6-17(35)13-33(12-16)22-18-10-30-21(27)19(29)20(18)31-23(32-22)37-14-26-7-4-8-34(26)11-15(28)9-26/h10,15-17H,4-9,11-14H2,1-3H3/t15-,16-,17+,26+/m1/s1. The van der Waals surface area contributed by atoms with E-state index in [0.717, 1.165) is 32.2 Å². The summed E-state index contributed by atoms with van der Waals surface area (Å²) >= 11 is 6.00. The number of carbonyl (C=O) groups is 1. The van der Waals surface area contributed by atoms with E-state index in [1.54, 1.807) is 0 Å². The van der Waals surface area contributed by atoms with Crippen LogP contribution in [0.25, 0.3) is 10.9 Å². The third kappa shape index (κ3) is 4.51. The van der Waals surface area contributed by atoms with E-state index in [9.17, 15) is 9.18 Å². The maximum atomic E-state index is 15.1. The van der Waals surface area contributed by atoms with Crippen LogP contribution in [0.15, 0.2) is 6.20 Å². The normalized spacial score (nSPS) is 29.3. The average molecular weight is 551 g/mol. The summed E-state index contributed by atoms with van der Waals surface area (Å²) in [4.78, 5) is 32.0. The second-order valence-corrected chi connectivity index (χ2v) is 12.4. The number of hydrogen-bond acceptors (Lipinski definition) is 8. The molecule has 0 aliphatic carbocycles. The number of nitrogens with zero attached hydrogens (tertiary/aromatic N) is 6. The van der Waals surface area contributed by atoms with Gasteiger partial charge in [-0.25, -0.2) is 18.6 Å². The van der Waals surface area contributed by atoms with Crippen LogP contribution in [0.2, 0.25) is 5.15 Å². The van der Waals surface area contributed by atoms with Crippen LogP contribution >= 0.6 is 11.6 Å². The molecule has 4 saturated heterocycles. The summed E-state index contributed by atoms with van der Waals surface area (Å²) in [6, 6.07) is -0.0953. The largest absolute Gasteiger partial charge is 0.461 e. The number of aromatic nitrogens is 3. The van der Waals surface area contributed by atoms with Crippen molar-refractivity contribution in [2.75, 3.05) is 37.7 Å². The lowest BCUT2D eigenvalue weighted by Gasteiger charge is -2.42. The molecule has 6 heterocycles. The van der Waals surface area contributed by atoms with Crippen molar-refractivity contribution in [3.05, 3.63) is 17.2 Å². The molecule has 6 rings (SSSR count). The number of halogens is 3. The molecule has 0 aromatic carbocycles. The molecule has 12 heteroatoms. The van der Waals surface area contributed by atoms with Gasteiger partial charge in [0.1, 0.15) is 29.7 Å². The van der Waals surface area contributed by atoms with Crippen LogP contribution in [0.5, 0.6) is 6.01 Å². The number of fused-ring (bicyclic) bond motifs is 4. The van der Waals surface area contributed by atoms with Gasteiger partial charge in [0.2, 0.25) is 0 Å². The van der Waals surface area contributed by atoms with Gasteiger partial charge in [0.05, 0.1) is 23.0 Å². The number of ether oxygens (including phenoxy) is 2. The number of amides is 1. The van der Waals surface area contributed by atoms with E-state index in [0.29, 0.717) is 37.3 Å². The topological polar surface area (TPSA) is 83.9 Å². The van der Waals surface area contributed by atoms with Crippen LogP contribution in [0.3, 0.4) is 0 Å². The molecule has 0 unspecified atom stereocenters. The maximum Gasteiger partial charge on any atom is 0.410 e. The quantitative estimate of drug-likeness (QED) is 0.519. The molecule has 0 N–H and O–H groups in total. The van der Waals surface area contributed by atoms with Gasteiger partial charge in [0, 0.05) is 32.3 Å². The third-order valence-electron chi connectivity index (χ3n) is 8.22. The molecule has 2 bridgehead atoms. The molecule has 0 saturated carbocycles. The zero-order valence-electron chi connectivity index (χ0n) is 21.9. The number of carbonyl (C=O) groups excluding carboxylic acids is 1. The molecule has 9 nitrogen and oxygen atoms in total. The van der Waals surface area contributed by atoms with Crippen molar-refractivity contribution in [1.82, 2.24) is 24.8 Å². The number of rotatable bonds is 4. The van der Waals surface area contributed by atoms with Gasteiger partial charge in [-0.3, -0.25) is 9.80 Å². The molecule has 4 atom stereocenters. The van der Waals surface area contributed by atoms with Gasteiger partial charge in [0.25, 0.3) is 0 Å². The Morgan fingerprint density at radius 1 is 1.21 bits per heavy atom. The van der Waals surface area contributed by atoms with Gasteiger partial charge in [-0.15, -0.1) is 0 Å². The summed E-state index contributed by atoms with van der Waals surface area (Å²) in [6.45, 7) is 8.06. The van der Waals surface area contributed by atoms with Crippen molar-refractivity contribution in [2.24, 2.45) is 0 Å². The second-order valence-electron chi connectivity index (χ2n) is 12.0. The molecule has 38 heavy (non-hydrogen) atoms. The molecule has 1 amide bonds. The summed E-state index contributed by atoms with van der Waals surface area (Å²) in [7, 11) is 0. The van der Waals surface area contributed by atoms with Crippen molar-refractivity contribution in [2.45, 2.75) is 82.3 Å². The lowest BCUT2D eigenvalue weighted by atomic mass is 9.95. The first-order valence-corrected chi connectivity index (χ1v) is 13.7. The maximum absolute atomic E-state index is 15.1. The fourth-order valence-corrected chi connectivity index (χ4v) is 6.78. The van der Waals surface area contributed by atoms with Crippen LogP contribution in [0.1, 0.15) is 52.9 Å². The Hall–Kier alpha value is -2.53. The summed E-state index contributed by atoms with van der Waals surface area (Å²) in [5, 5.41) is 0.147. The molecule has 4 aliphatic heterocycles. The van der Waals surface area contributed by atoms with Gasteiger partial charge in [0.15, 0.2) is 11.0 Å². The second kappa shape index (κ2) is 9.29. The Morgan fingerprint density at radius 3 is 2.66 bits per heavy atom. The zero-order valence-corrected chi connectivity index (χ0v) is 22.7. The Kier molecular flexibility index (Phi) is 6.29. The minimum Gasteiger partial charge on any atom is -0.461 e. The molecule has 0 spiro atoms. The first-order valence-electron chi connectivity index (χ1n) is 13.3. The number of alkyl halides is 1. The molecule has 2 aromatic heterocycles. The highest BCUT2D eigenvalue weighted by atomic mass is 35.5. The van der Waals surface area contributed by atoms with Gasteiger partial charge in [-0.1, -0.05) is 11.6 Å². The van der Waals surface area contributed by atoms with E-state index in [2.05, 4.69) is 14.9 Å². The molecule has 2 aromatic rings. The van der Waals surface area contributed by atoms with Crippen molar-refractivity contribution < 1.29 is 23.0 Å². The van der Waals surface area contributed by atoms with Gasteiger partial charge >= 0.3 is 12.1 Å². The van der Waals surface area contributed by atoms with E-state index in [4.69, 9.17) is 26.1 Å². The van der Waals surface area contributed by atoms with E-state index in [1.165, 1.54) is 6.20 Å². The Balaban J connectivity index is 1.30. The fourth-order valence-electron chi connectivity index (χ4n) is 6.64. The number of hydrogen-bond donors (Lipinski definition) is 0. The van der Waals surface area contributed by atoms with Crippen molar-refractivity contribution in [3.8, 4) is 6.01 Å².